The molecule has 6 heteroatoms. The summed E-state index contributed by atoms with van der Waals surface area (Å²) in [6.07, 6.45) is 0. The molecule has 0 aliphatic rings. The number of hydrogen-bond donors (Lipinski definition) is 2. The maximum Gasteiger partial charge on any atom is 0.255 e. The van der Waals surface area contributed by atoms with E-state index in [4.69, 9.17) is 4.52 Å². The summed E-state index contributed by atoms with van der Waals surface area (Å²) in [5.41, 5.74) is 2.42. The number of aryl methyl sites for hydroxylation is 1. The third-order valence-electron chi connectivity index (χ3n) is 4.02. The van der Waals surface area contributed by atoms with Gasteiger partial charge in [-0.25, -0.2) is 0 Å². The molecule has 2 N–H and O–H groups in total. The fourth-order valence-corrected chi connectivity index (χ4v) is 2.51. The number of carbonyl (C=O) groups is 1. The Morgan fingerprint density at radius 2 is 1.92 bits per heavy atom. The Bertz CT molecular complexity index is 955. The smallest absolute Gasteiger partial charge is 0.255 e. The fourth-order valence-electron chi connectivity index (χ4n) is 2.51. The van der Waals surface area contributed by atoms with Gasteiger partial charge in [0.05, 0.1) is 5.69 Å². The summed E-state index contributed by atoms with van der Waals surface area (Å²) < 4.78 is 4.98. The first-order valence-electron chi connectivity index (χ1n) is 8.29. The lowest BCUT2D eigenvalue weighted by Crippen LogP contribution is -2.15. The maximum absolute atomic E-state index is 12.6. The van der Waals surface area contributed by atoms with Crippen LogP contribution in [0, 0.1) is 6.92 Å². The van der Waals surface area contributed by atoms with Crippen molar-refractivity contribution in [3.63, 3.8) is 0 Å². The number of phenols is 1. The molecule has 0 saturated carbocycles. The highest BCUT2D eigenvalue weighted by molar-refractivity contribution is 6.05. The molecule has 0 spiro atoms. The first-order chi connectivity index (χ1) is 12.2. The van der Waals surface area contributed by atoms with Gasteiger partial charge in [-0.1, -0.05) is 44.1 Å². The van der Waals surface area contributed by atoms with Crippen molar-refractivity contribution >= 4 is 11.6 Å². The number of nitrogens with one attached hydrogen (secondary N) is 1. The second kappa shape index (κ2) is 6.63. The zero-order valence-electron chi connectivity index (χ0n) is 15.2. The van der Waals surface area contributed by atoms with E-state index >= 15 is 0 Å². The number of benzene rings is 2. The topological polar surface area (TPSA) is 88.2 Å². The van der Waals surface area contributed by atoms with Crippen molar-refractivity contribution < 1.29 is 14.4 Å². The molecule has 1 heterocycles. The van der Waals surface area contributed by atoms with Crippen molar-refractivity contribution in [2.45, 2.75) is 33.1 Å². The van der Waals surface area contributed by atoms with Crippen LogP contribution in [0.1, 0.15) is 42.6 Å². The number of rotatable bonds is 3. The molecule has 0 saturated heterocycles. The predicted molar refractivity (Wildman–Crippen MR) is 99.2 cm³/mol. The molecule has 134 valence electrons. The summed E-state index contributed by atoms with van der Waals surface area (Å²) in [5.74, 6) is 0.582. The maximum atomic E-state index is 12.6. The summed E-state index contributed by atoms with van der Waals surface area (Å²) in [5, 5.41) is 16.7. The van der Waals surface area contributed by atoms with Crippen LogP contribution in [0.15, 0.2) is 47.0 Å². The van der Waals surface area contributed by atoms with Crippen LogP contribution in [0.2, 0.25) is 0 Å². The molecule has 0 fully saturated rings. The Kier molecular flexibility index (Phi) is 4.50. The number of aromatic hydroxyl groups is 1. The van der Waals surface area contributed by atoms with Gasteiger partial charge in [0.2, 0.25) is 11.7 Å². The highest BCUT2D eigenvalue weighted by atomic mass is 16.5. The quantitative estimate of drug-likeness (QED) is 0.687. The lowest BCUT2D eigenvalue weighted by atomic mass is 9.87. The third-order valence-corrected chi connectivity index (χ3v) is 4.02. The number of amides is 1. The minimum absolute atomic E-state index is 0.0243. The molecular formula is C20H21N3O3. The van der Waals surface area contributed by atoms with Gasteiger partial charge >= 0.3 is 0 Å². The summed E-state index contributed by atoms with van der Waals surface area (Å²) in [6, 6.07) is 12.2. The van der Waals surface area contributed by atoms with E-state index < -0.39 is 0 Å². The first-order valence-corrected chi connectivity index (χ1v) is 8.29. The molecule has 26 heavy (non-hydrogen) atoms. The Balaban J connectivity index is 1.87. The van der Waals surface area contributed by atoms with Crippen LogP contribution < -0.4 is 5.32 Å². The van der Waals surface area contributed by atoms with E-state index in [1.54, 1.807) is 43.3 Å². The van der Waals surface area contributed by atoms with Crippen LogP contribution >= 0.6 is 0 Å². The van der Waals surface area contributed by atoms with Gasteiger partial charge in [0.1, 0.15) is 5.75 Å². The minimum Gasteiger partial charge on any atom is -0.506 e. The van der Waals surface area contributed by atoms with Crippen molar-refractivity contribution in [1.82, 2.24) is 10.1 Å². The molecule has 0 bridgehead atoms. The average Bonchev–Trinajstić information content (AvgIpc) is 3.02. The molecule has 0 radical (unpaired) electrons. The Morgan fingerprint density at radius 3 is 2.58 bits per heavy atom. The van der Waals surface area contributed by atoms with E-state index in [-0.39, 0.29) is 17.1 Å². The number of phenolic OH excluding ortho intramolecular Hbond substituents is 1. The van der Waals surface area contributed by atoms with Gasteiger partial charge in [-0.2, -0.15) is 4.98 Å². The lowest BCUT2D eigenvalue weighted by molar-refractivity contribution is 0.102. The zero-order chi connectivity index (χ0) is 18.9. The molecule has 0 aliphatic heterocycles. The Hall–Kier alpha value is -3.15. The van der Waals surface area contributed by atoms with Crippen LogP contribution in [0.5, 0.6) is 5.75 Å². The number of hydrogen-bond acceptors (Lipinski definition) is 5. The Morgan fingerprint density at radius 1 is 1.15 bits per heavy atom. The molecule has 3 rings (SSSR count). The van der Waals surface area contributed by atoms with Crippen molar-refractivity contribution in [2.24, 2.45) is 0 Å². The number of anilines is 1. The predicted octanol–water partition coefficient (Wildman–Crippen LogP) is 4.30. The van der Waals surface area contributed by atoms with E-state index in [1.165, 1.54) is 0 Å². The molecule has 0 unspecified atom stereocenters. The van der Waals surface area contributed by atoms with E-state index in [0.717, 1.165) is 5.56 Å². The minimum atomic E-state index is -0.326. The number of nitrogens with zero attached hydrogens (tertiary/aromatic N) is 2. The van der Waals surface area contributed by atoms with Gasteiger partial charge < -0.3 is 14.9 Å². The molecule has 1 aromatic heterocycles. The van der Waals surface area contributed by atoms with Crippen molar-refractivity contribution in [1.29, 1.82) is 0 Å². The van der Waals surface area contributed by atoms with Crippen LogP contribution in [-0.2, 0) is 5.41 Å². The molecule has 1 amide bonds. The molecule has 3 aromatic rings. The van der Waals surface area contributed by atoms with Gasteiger partial charge in [0.15, 0.2) is 0 Å². The third kappa shape index (κ3) is 3.74. The van der Waals surface area contributed by atoms with Crippen molar-refractivity contribution in [3.05, 3.63) is 59.5 Å². The normalized spacial score (nSPS) is 11.4. The molecule has 6 nitrogen and oxygen atoms in total. The van der Waals surface area contributed by atoms with Crippen molar-refractivity contribution in [3.8, 4) is 17.1 Å². The van der Waals surface area contributed by atoms with Crippen LogP contribution in [0.3, 0.4) is 0 Å². The zero-order valence-corrected chi connectivity index (χ0v) is 15.2. The lowest BCUT2D eigenvalue weighted by Gasteiger charge is -2.20. The standard InChI is InChI=1S/C20H21N3O3/c1-12-21-18(23-26-12)13-6-5-7-14(10-13)19(25)22-16-11-15(20(2,3)4)8-9-17(16)24/h5-11,24H,1-4H3,(H,22,25). The van der Waals surface area contributed by atoms with Gasteiger partial charge in [0.25, 0.3) is 5.91 Å². The summed E-state index contributed by atoms with van der Waals surface area (Å²) >= 11 is 0. The fraction of sp³-hybridized carbons (Fsp3) is 0.250. The van der Waals surface area contributed by atoms with E-state index in [9.17, 15) is 9.90 Å². The molecule has 0 aliphatic carbocycles. The van der Waals surface area contributed by atoms with Gasteiger partial charge in [0, 0.05) is 18.1 Å². The summed E-state index contributed by atoms with van der Waals surface area (Å²) in [4.78, 5) is 16.8. The Labute approximate surface area is 151 Å². The number of aromatic nitrogens is 2. The van der Waals surface area contributed by atoms with Crippen molar-refractivity contribution in [2.75, 3.05) is 5.32 Å². The van der Waals surface area contributed by atoms with Gasteiger partial charge in [-0.05, 0) is 35.2 Å². The summed E-state index contributed by atoms with van der Waals surface area (Å²) in [7, 11) is 0. The van der Waals surface area contributed by atoms with Gasteiger partial charge in [-0.3, -0.25) is 4.79 Å². The highest BCUT2D eigenvalue weighted by Gasteiger charge is 2.17. The van der Waals surface area contributed by atoms with Crippen LogP contribution in [0.25, 0.3) is 11.4 Å². The van der Waals surface area contributed by atoms with Crippen LogP contribution in [0.4, 0.5) is 5.69 Å². The second-order valence-electron chi connectivity index (χ2n) is 7.15. The number of carbonyl (C=O) groups excluding carboxylic acids is 1. The van der Waals surface area contributed by atoms with E-state index in [0.29, 0.717) is 28.5 Å². The molecular weight excluding hydrogens is 330 g/mol. The van der Waals surface area contributed by atoms with E-state index in [2.05, 4.69) is 36.2 Å². The molecule has 2 aromatic carbocycles. The highest BCUT2D eigenvalue weighted by Crippen LogP contribution is 2.31. The van der Waals surface area contributed by atoms with E-state index in [1.807, 2.05) is 6.07 Å². The largest absolute Gasteiger partial charge is 0.506 e. The van der Waals surface area contributed by atoms with Crippen LogP contribution in [-0.4, -0.2) is 21.2 Å². The average molecular weight is 351 g/mol. The van der Waals surface area contributed by atoms with Gasteiger partial charge in [-0.15, -0.1) is 0 Å². The SMILES string of the molecule is Cc1nc(-c2cccc(C(=O)Nc3cc(C(C)(C)C)ccc3O)c2)no1. The second-order valence-corrected chi connectivity index (χ2v) is 7.15. The summed E-state index contributed by atoms with van der Waals surface area (Å²) in [6.45, 7) is 7.92. The monoisotopic (exact) mass is 351 g/mol. The first kappa shape index (κ1) is 17.7. The molecule has 0 atom stereocenters.